The lowest BCUT2D eigenvalue weighted by Gasteiger charge is -2.32. The minimum atomic E-state index is -3.59. The fourth-order valence-electron chi connectivity index (χ4n) is 4.47. The summed E-state index contributed by atoms with van der Waals surface area (Å²) < 4.78 is 38.5. The molecular formula is C27H30N3O5S+. The highest BCUT2D eigenvalue weighted by atomic mass is 32.2. The maximum atomic E-state index is 13.0. The van der Waals surface area contributed by atoms with Gasteiger partial charge in [0.25, 0.3) is 5.91 Å². The number of fused-ring (bicyclic) bond motifs is 1. The molecule has 0 unspecified atom stereocenters. The van der Waals surface area contributed by atoms with E-state index in [1.165, 1.54) is 10.5 Å². The summed E-state index contributed by atoms with van der Waals surface area (Å²) in [6.07, 6.45) is 0. The predicted octanol–water partition coefficient (Wildman–Crippen LogP) is 1.74. The molecule has 0 atom stereocenters. The van der Waals surface area contributed by atoms with E-state index >= 15 is 0 Å². The third-order valence-corrected chi connectivity index (χ3v) is 8.06. The second-order valence-corrected chi connectivity index (χ2v) is 11.0. The Balaban J connectivity index is 1.12. The lowest BCUT2D eigenvalue weighted by Crippen LogP contribution is -3.13. The molecule has 5 rings (SSSR count). The van der Waals surface area contributed by atoms with Gasteiger partial charge in [0.05, 0.1) is 31.1 Å². The largest absolute Gasteiger partial charge is 0.454 e. The number of benzene rings is 3. The van der Waals surface area contributed by atoms with Gasteiger partial charge in [-0.2, -0.15) is 0 Å². The van der Waals surface area contributed by atoms with Crippen LogP contribution in [0.2, 0.25) is 0 Å². The highest BCUT2D eigenvalue weighted by Gasteiger charge is 2.25. The first-order chi connectivity index (χ1) is 17.4. The van der Waals surface area contributed by atoms with Crippen LogP contribution in [-0.4, -0.2) is 52.2 Å². The van der Waals surface area contributed by atoms with E-state index in [9.17, 15) is 13.2 Å². The second-order valence-electron chi connectivity index (χ2n) is 9.24. The smallest absolute Gasteiger partial charge is 0.254 e. The van der Waals surface area contributed by atoms with Crippen molar-refractivity contribution in [2.24, 2.45) is 0 Å². The Bertz CT molecular complexity index is 1330. The van der Waals surface area contributed by atoms with Crippen molar-refractivity contribution in [3.05, 3.63) is 89.0 Å². The first kappa shape index (κ1) is 24.3. The van der Waals surface area contributed by atoms with Crippen molar-refractivity contribution in [1.29, 1.82) is 0 Å². The van der Waals surface area contributed by atoms with Crippen LogP contribution in [-0.2, 0) is 23.1 Å². The van der Waals surface area contributed by atoms with Gasteiger partial charge in [0, 0.05) is 17.7 Å². The Morgan fingerprint density at radius 1 is 0.917 bits per heavy atom. The average molecular weight is 509 g/mol. The Kier molecular flexibility index (Phi) is 6.95. The number of ether oxygens (including phenoxy) is 2. The molecule has 3 aromatic rings. The van der Waals surface area contributed by atoms with Gasteiger partial charge in [0.15, 0.2) is 11.5 Å². The summed E-state index contributed by atoms with van der Waals surface area (Å²) >= 11 is 0. The molecule has 0 aromatic heterocycles. The number of rotatable bonds is 7. The van der Waals surface area contributed by atoms with Crippen molar-refractivity contribution in [3.63, 3.8) is 0 Å². The van der Waals surface area contributed by atoms with Crippen LogP contribution < -0.4 is 19.1 Å². The summed E-state index contributed by atoms with van der Waals surface area (Å²) in [5.41, 5.74) is 3.60. The van der Waals surface area contributed by atoms with Gasteiger partial charge >= 0.3 is 0 Å². The maximum Gasteiger partial charge on any atom is 0.254 e. The molecule has 0 spiro atoms. The Morgan fingerprint density at radius 3 is 2.31 bits per heavy atom. The third-order valence-electron chi connectivity index (χ3n) is 6.65. The first-order valence-electron chi connectivity index (χ1n) is 12.0. The zero-order chi connectivity index (χ0) is 25.1. The average Bonchev–Trinajstić information content (AvgIpc) is 3.36. The van der Waals surface area contributed by atoms with Gasteiger partial charge in [0.2, 0.25) is 16.8 Å². The van der Waals surface area contributed by atoms with Crippen molar-refractivity contribution in [1.82, 2.24) is 9.62 Å². The van der Waals surface area contributed by atoms with E-state index in [2.05, 4.69) is 10.8 Å². The minimum absolute atomic E-state index is 0.00363. The van der Waals surface area contributed by atoms with Crippen molar-refractivity contribution in [2.45, 2.75) is 24.9 Å². The van der Waals surface area contributed by atoms with E-state index in [1.54, 1.807) is 48.5 Å². The standard InChI is InChI=1S/C27H29N3O5S/c1-20-2-9-24(10-3-20)36(32,33)28-17-21-4-7-23(8-5-21)27(31)30-14-12-29(13-15-30)18-22-6-11-25-26(16-22)35-19-34-25/h2-11,16,28H,12-15,17-19H2,1H3/p+1. The highest BCUT2D eigenvalue weighted by molar-refractivity contribution is 7.89. The molecule has 1 fully saturated rings. The number of nitrogens with one attached hydrogen (secondary N) is 2. The summed E-state index contributed by atoms with van der Waals surface area (Å²) in [5, 5.41) is 0. The van der Waals surface area contributed by atoms with Crippen molar-refractivity contribution in [3.8, 4) is 11.5 Å². The molecule has 36 heavy (non-hydrogen) atoms. The molecule has 3 aromatic carbocycles. The van der Waals surface area contributed by atoms with Crippen LogP contribution in [0, 0.1) is 6.92 Å². The van der Waals surface area contributed by atoms with Crippen molar-refractivity contribution in [2.75, 3.05) is 33.0 Å². The summed E-state index contributed by atoms with van der Waals surface area (Å²) in [6, 6.07) is 19.9. The summed E-state index contributed by atoms with van der Waals surface area (Å²) in [5.74, 6) is 1.59. The molecule has 2 aliphatic rings. The SMILES string of the molecule is Cc1ccc(S(=O)(=O)NCc2ccc(C(=O)N3CC[NH+](Cc4ccc5c(c4)OCO5)CC3)cc2)cc1. The Hall–Kier alpha value is -3.40. The van der Waals surface area contributed by atoms with Crippen LogP contribution in [0.4, 0.5) is 0 Å². The molecule has 0 saturated carbocycles. The fraction of sp³-hybridized carbons (Fsp3) is 0.296. The van der Waals surface area contributed by atoms with Crippen LogP contribution in [0.15, 0.2) is 71.6 Å². The van der Waals surface area contributed by atoms with E-state index < -0.39 is 10.0 Å². The van der Waals surface area contributed by atoms with Crippen LogP contribution in [0.25, 0.3) is 0 Å². The normalized spacial score (nSPS) is 15.8. The number of carbonyl (C=O) groups is 1. The van der Waals surface area contributed by atoms with Crippen LogP contribution in [0.1, 0.15) is 27.0 Å². The molecule has 0 radical (unpaired) electrons. The molecule has 188 valence electrons. The van der Waals surface area contributed by atoms with Crippen LogP contribution in [0.3, 0.4) is 0 Å². The van der Waals surface area contributed by atoms with E-state index in [1.807, 2.05) is 24.0 Å². The van der Waals surface area contributed by atoms with Gasteiger partial charge in [-0.25, -0.2) is 13.1 Å². The number of aryl methyl sites for hydroxylation is 1. The topological polar surface area (TPSA) is 89.4 Å². The number of piperazine rings is 1. The van der Waals surface area contributed by atoms with E-state index in [4.69, 9.17) is 9.47 Å². The van der Waals surface area contributed by atoms with E-state index in [0.717, 1.165) is 42.3 Å². The molecule has 2 heterocycles. The van der Waals surface area contributed by atoms with Crippen molar-refractivity contribution >= 4 is 15.9 Å². The fourth-order valence-corrected chi connectivity index (χ4v) is 5.49. The van der Waals surface area contributed by atoms with E-state index in [0.29, 0.717) is 18.7 Å². The third kappa shape index (κ3) is 5.53. The molecule has 1 saturated heterocycles. The van der Waals surface area contributed by atoms with Gasteiger partial charge in [-0.15, -0.1) is 0 Å². The van der Waals surface area contributed by atoms with Gasteiger partial charge in [-0.1, -0.05) is 29.8 Å². The number of carbonyl (C=O) groups excluding carboxylic acids is 1. The molecule has 0 aliphatic carbocycles. The molecular weight excluding hydrogens is 478 g/mol. The Morgan fingerprint density at radius 2 is 1.58 bits per heavy atom. The number of amides is 1. The van der Waals surface area contributed by atoms with Crippen LogP contribution in [0.5, 0.6) is 11.5 Å². The summed E-state index contributed by atoms with van der Waals surface area (Å²) in [6.45, 7) is 6.36. The number of nitrogens with zero attached hydrogens (tertiary/aromatic N) is 1. The minimum Gasteiger partial charge on any atom is -0.454 e. The molecule has 2 aliphatic heterocycles. The predicted molar refractivity (Wildman–Crippen MR) is 135 cm³/mol. The zero-order valence-electron chi connectivity index (χ0n) is 20.2. The van der Waals surface area contributed by atoms with Crippen molar-refractivity contribution < 1.29 is 27.6 Å². The van der Waals surface area contributed by atoms with Crippen LogP contribution >= 0.6 is 0 Å². The second kappa shape index (κ2) is 10.3. The summed E-state index contributed by atoms with van der Waals surface area (Å²) in [4.78, 5) is 16.6. The van der Waals surface area contributed by atoms with Gasteiger partial charge in [-0.05, 0) is 55.0 Å². The lowest BCUT2D eigenvalue weighted by molar-refractivity contribution is -0.917. The highest BCUT2D eigenvalue weighted by Crippen LogP contribution is 2.32. The molecule has 8 nitrogen and oxygen atoms in total. The first-order valence-corrected chi connectivity index (χ1v) is 13.5. The van der Waals surface area contributed by atoms with Gasteiger partial charge in [-0.3, -0.25) is 4.79 Å². The zero-order valence-corrected chi connectivity index (χ0v) is 21.0. The molecule has 2 N–H and O–H groups in total. The number of quaternary nitrogens is 1. The Labute approximate surface area is 211 Å². The lowest BCUT2D eigenvalue weighted by atomic mass is 10.1. The maximum absolute atomic E-state index is 13.0. The molecule has 1 amide bonds. The quantitative estimate of drug-likeness (QED) is 0.508. The molecule has 0 bridgehead atoms. The number of sulfonamides is 1. The number of hydrogen-bond acceptors (Lipinski definition) is 5. The number of hydrogen-bond donors (Lipinski definition) is 2. The van der Waals surface area contributed by atoms with E-state index in [-0.39, 0.29) is 24.1 Å². The summed E-state index contributed by atoms with van der Waals surface area (Å²) in [7, 11) is -3.59. The van der Waals surface area contributed by atoms with Gasteiger partial charge in [0.1, 0.15) is 6.54 Å². The van der Waals surface area contributed by atoms with Gasteiger partial charge < -0.3 is 19.3 Å². The monoisotopic (exact) mass is 508 g/mol. The molecule has 9 heteroatoms.